The van der Waals surface area contributed by atoms with Gasteiger partial charge in [-0.2, -0.15) is 5.10 Å². The Bertz CT molecular complexity index is 525. The molecule has 1 aromatic rings. The number of amides is 1. The molecule has 0 aliphatic carbocycles. The van der Waals surface area contributed by atoms with E-state index in [9.17, 15) is 14.7 Å². The lowest BCUT2D eigenvalue weighted by atomic mass is 9.85. The number of rotatable bonds is 3. The number of carbonyl (C=O) groups is 2. The van der Waals surface area contributed by atoms with Gasteiger partial charge in [0.05, 0.1) is 31.0 Å². The topological polar surface area (TPSA) is 93.4 Å². The van der Waals surface area contributed by atoms with Gasteiger partial charge in [0.2, 0.25) is 0 Å². The van der Waals surface area contributed by atoms with Crippen LogP contribution < -0.4 is 5.32 Å². The minimum atomic E-state index is -1.09. The number of carboxylic acid groups (broad SMARTS) is 1. The molecule has 0 saturated carbocycles. The Hall–Kier alpha value is -1.89. The van der Waals surface area contributed by atoms with Crippen molar-refractivity contribution in [1.29, 1.82) is 0 Å². The van der Waals surface area contributed by atoms with Crippen molar-refractivity contribution in [2.24, 2.45) is 12.5 Å². The zero-order valence-electron chi connectivity index (χ0n) is 11.1. The van der Waals surface area contributed by atoms with Crippen molar-refractivity contribution in [1.82, 2.24) is 15.1 Å². The van der Waals surface area contributed by atoms with Gasteiger partial charge in [0.15, 0.2) is 0 Å². The first-order valence-corrected chi connectivity index (χ1v) is 5.97. The lowest BCUT2D eigenvalue weighted by Crippen LogP contribution is -2.49. The molecule has 2 heterocycles. The second-order valence-corrected chi connectivity index (χ2v) is 5.03. The summed E-state index contributed by atoms with van der Waals surface area (Å²) in [4.78, 5) is 23.4. The van der Waals surface area contributed by atoms with Gasteiger partial charge >= 0.3 is 5.97 Å². The maximum Gasteiger partial charge on any atom is 0.313 e. The summed E-state index contributed by atoms with van der Waals surface area (Å²) in [5.41, 5.74) is 0.0850. The van der Waals surface area contributed by atoms with E-state index in [2.05, 4.69) is 10.4 Å². The van der Waals surface area contributed by atoms with Gasteiger partial charge in [0.25, 0.3) is 5.91 Å². The van der Waals surface area contributed by atoms with Crippen LogP contribution in [0.3, 0.4) is 0 Å². The fourth-order valence-electron chi connectivity index (χ4n) is 2.04. The molecule has 1 aromatic heterocycles. The summed E-state index contributed by atoms with van der Waals surface area (Å²) in [7, 11) is 1.74. The molecule has 7 heteroatoms. The van der Waals surface area contributed by atoms with E-state index in [1.54, 1.807) is 25.6 Å². The van der Waals surface area contributed by atoms with Gasteiger partial charge in [-0.1, -0.05) is 0 Å². The molecular weight excluding hydrogens is 250 g/mol. The Morgan fingerprint density at radius 3 is 2.84 bits per heavy atom. The molecule has 1 aliphatic rings. The molecule has 2 unspecified atom stereocenters. The van der Waals surface area contributed by atoms with Gasteiger partial charge in [-0.3, -0.25) is 14.3 Å². The van der Waals surface area contributed by atoms with E-state index in [1.165, 1.54) is 6.20 Å². The summed E-state index contributed by atoms with van der Waals surface area (Å²) in [5.74, 6) is -1.30. The number of carbonyl (C=O) groups excluding carboxylic acids is 1. The largest absolute Gasteiger partial charge is 0.481 e. The van der Waals surface area contributed by atoms with E-state index in [1.807, 2.05) is 0 Å². The molecule has 1 saturated heterocycles. The highest BCUT2D eigenvalue weighted by atomic mass is 16.5. The number of aryl methyl sites for hydroxylation is 1. The lowest BCUT2D eigenvalue weighted by Gasteiger charge is -2.25. The van der Waals surface area contributed by atoms with Crippen LogP contribution in [0.1, 0.15) is 23.0 Å². The minimum absolute atomic E-state index is 0.0965. The number of ether oxygens (including phenoxy) is 1. The maximum absolute atomic E-state index is 12.1. The monoisotopic (exact) mass is 267 g/mol. The second-order valence-electron chi connectivity index (χ2n) is 5.03. The summed E-state index contributed by atoms with van der Waals surface area (Å²) in [5, 5.41) is 16.0. The third kappa shape index (κ3) is 2.21. The number of hydrogen-bond acceptors (Lipinski definition) is 4. The van der Waals surface area contributed by atoms with Gasteiger partial charge in [-0.05, 0) is 13.8 Å². The Balaban J connectivity index is 2.15. The quantitative estimate of drug-likeness (QED) is 0.800. The first-order valence-electron chi connectivity index (χ1n) is 5.97. The molecule has 104 valence electrons. The standard InChI is InChI=1S/C12H17N3O4/c1-7-8(4-13-15(7)3)10(16)14-9-5-19-6-12(9,2)11(17)18/h4,9H,5-6H2,1-3H3,(H,14,16)(H,17,18). The van der Waals surface area contributed by atoms with Gasteiger partial charge in [-0.25, -0.2) is 0 Å². The third-order valence-electron chi connectivity index (χ3n) is 3.73. The van der Waals surface area contributed by atoms with Crippen LogP contribution in [0.4, 0.5) is 0 Å². The predicted molar refractivity (Wildman–Crippen MR) is 65.8 cm³/mol. The number of nitrogens with zero attached hydrogens (tertiary/aromatic N) is 2. The highest BCUT2D eigenvalue weighted by Gasteiger charge is 2.47. The molecule has 2 atom stereocenters. The third-order valence-corrected chi connectivity index (χ3v) is 3.73. The molecule has 0 spiro atoms. The van der Waals surface area contributed by atoms with Crippen molar-refractivity contribution in [3.63, 3.8) is 0 Å². The van der Waals surface area contributed by atoms with Crippen LogP contribution in [-0.2, 0) is 16.6 Å². The number of aliphatic carboxylic acids is 1. The summed E-state index contributed by atoms with van der Waals surface area (Å²) < 4.78 is 6.78. The molecule has 0 bridgehead atoms. The summed E-state index contributed by atoms with van der Waals surface area (Å²) in [6.45, 7) is 3.65. The first-order chi connectivity index (χ1) is 8.86. The highest BCUT2D eigenvalue weighted by molar-refractivity contribution is 5.95. The van der Waals surface area contributed by atoms with Crippen LogP contribution in [0.25, 0.3) is 0 Å². The Kier molecular flexibility index (Phi) is 3.32. The van der Waals surface area contributed by atoms with E-state index in [0.717, 1.165) is 5.69 Å². The average Bonchev–Trinajstić information content (AvgIpc) is 2.86. The maximum atomic E-state index is 12.1. The van der Waals surface area contributed by atoms with Crippen molar-refractivity contribution >= 4 is 11.9 Å². The van der Waals surface area contributed by atoms with Crippen LogP contribution in [0.15, 0.2) is 6.20 Å². The van der Waals surface area contributed by atoms with Crippen molar-refractivity contribution in [2.75, 3.05) is 13.2 Å². The summed E-state index contributed by atoms with van der Waals surface area (Å²) in [6.07, 6.45) is 1.47. The molecule has 7 nitrogen and oxygen atoms in total. The normalized spacial score (nSPS) is 26.4. The van der Waals surface area contributed by atoms with Crippen LogP contribution in [0.2, 0.25) is 0 Å². The van der Waals surface area contributed by atoms with Crippen molar-refractivity contribution < 1.29 is 19.4 Å². The number of aromatic nitrogens is 2. The molecule has 0 radical (unpaired) electrons. The van der Waals surface area contributed by atoms with E-state index in [4.69, 9.17) is 4.74 Å². The number of hydrogen-bond donors (Lipinski definition) is 2. The van der Waals surface area contributed by atoms with Crippen molar-refractivity contribution in [3.05, 3.63) is 17.5 Å². The van der Waals surface area contributed by atoms with Gasteiger partial charge in [0.1, 0.15) is 5.41 Å². The van der Waals surface area contributed by atoms with Crippen molar-refractivity contribution in [3.8, 4) is 0 Å². The minimum Gasteiger partial charge on any atom is -0.481 e. The van der Waals surface area contributed by atoms with Crippen LogP contribution >= 0.6 is 0 Å². The molecule has 1 fully saturated rings. The Morgan fingerprint density at radius 1 is 1.63 bits per heavy atom. The second kappa shape index (κ2) is 4.65. The number of carboxylic acids is 1. The summed E-state index contributed by atoms with van der Waals surface area (Å²) >= 11 is 0. The molecule has 19 heavy (non-hydrogen) atoms. The molecule has 2 N–H and O–H groups in total. The molecule has 0 aromatic carbocycles. The zero-order valence-corrected chi connectivity index (χ0v) is 11.1. The van der Waals surface area contributed by atoms with Gasteiger partial charge in [0, 0.05) is 12.7 Å². The molecule has 1 aliphatic heterocycles. The fourth-order valence-corrected chi connectivity index (χ4v) is 2.04. The molecule has 2 rings (SSSR count). The smallest absolute Gasteiger partial charge is 0.313 e. The van der Waals surface area contributed by atoms with E-state index < -0.39 is 17.4 Å². The Morgan fingerprint density at radius 2 is 2.32 bits per heavy atom. The Labute approximate surface area is 110 Å². The van der Waals surface area contributed by atoms with Crippen LogP contribution in [-0.4, -0.2) is 46.0 Å². The summed E-state index contributed by atoms with van der Waals surface area (Å²) in [6, 6.07) is -0.544. The lowest BCUT2D eigenvalue weighted by molar-refractivity contribution is -0.148. The predicted octanol–water partition coefficient (Wildman–Crippen LogP) is -0.0520. The highest BCUT2D eigenvalue weighted by Crippen LogP contribution is 2.29. The first kappa shape index (κ1) is 13.5. The van der Waals surface area contributed by atoms with E-state index >= 15 is 0 Å². The number of nitrogens with one attached hydrogen (secondary N) is 1. The SMILES string of the molecule is Cc1c(C(=O)NC2COCC2(C)C(=O)O)cnn1C. The van der Waals surface area contributed by atoms with E-state index in [-0.39, 0.29) is 19.1 Å². The average molecular weight is 267 g/mol. The van der Waals surface area contributed by atoms with Crippen LogP contribution in [0, 0.1) is 12.3 Å². The molecular formula is C12H17N3O4. The zero-order chi connectivity index (χ0) is 14.2. The van der Waals surface area contributed by atoms with Crippen LogP contribution in [0.5, 0.6) is 0 Å². The fraction of sp³-hybridized carbons (Fsp3) is 0.583. The van der Waals surface area contributed by atoms with Gasteiger partial charge < -0.3 is 15.2 Å². The molecule has 1 amide bonds. The van der Waals surface area contributed by atoms with Crippen molar-refractivity contribution in [2.45, 2.75) is 19.9 Å². The van der Waals surface area contributed by atoms with E-state index in [0.29, 0.717) is 5.56 Å². The van der Waals surface area contributed by atoms with Gasteiger partial charge in [-0.15, -0.1) is 0 Å².